The van der Waals surface area contributed by atoms with Crippen LogP contribution in [0.15, 0.2) is 45.9 Å². The van der Waals surface area contributed by atoms with Crippen LogP contribution < -0.4 is 10.4 Å². The monoisotopic (exact) mass is 418 g/mol. The SMILES string of the molecule is Cc1c(OCC(=O)N2CCCCC2c2cccnc2)ccc2c3c(c(=O)oc12)CCC3. The number of nitrogens with zero attached hydrogens (tertiary/aromatic N) is 2. The summed E-state index contributed by atoms with van der Waals surface area (Å²) in [6.45, 7) is 2.56. The lowest BCUT2D eigenvalue weighted by atomic mass is 9.96. The number of rotatable bonds is 4. The second-order valence-corrected chi connectivity index (χ2v) is 8.44. The molecule has 6 heteroatoms. The van der Waals surface area contributed by atoms with Crippen molar-refractivity contribution in [1.29, 1.82) is 0 Å². The van der Waals surface area contributed by atoms with Crippen LogP contribution in [0.4, 0.5) is 0 Å². The molecular formula is C25H26N2O4. The number of aromatic nitrogens is 1. The quantitative estimate of drug-likeness (QED) is 0.596. The van der Waals surface area contributed by atoms with Crippen LogP contribution in [0.1, 0.15) is 54.0 Å². The standard InChI is InChI=1S/C25H26N2O4/c1-16-22(11-10-19-18-7-4-8-20(18)25(29)31-24(16)19)30-15-23(28)27-13-3-2-9-21(27)17-6-5-12-26-14-17/h5-6,10-12,14,21H,2-4,7-9,13,15H2,1H3. The first-order chi connectivity index (χ1) is 15.1. The van der Waals surface area contributed by atoms with E-state index >= 15 is 0 Å². The summed E-state index contributed by atoms with van der Waals surface area (Å²) in [7, 11) is 0. The van der Waals surface area contributed by atoms with Gasteiger partial charge in [0.1, 0.15) is 11.3 Å². The Morgan fingerprint density at radius 3 is 2.90 bits per heavy atom. The van der Waals surface area contributed by atoms with Gasteiger partial charge in [0, 0.05) is 35.5 Å². The third kappa shape index (κ3) is 3.60. The fraction of sp³-hybridized carbons (Fsp3) is 0.400. The summed E-state index contributed by atoms with van der Waals surface area (Å²) >= 11 is 0. The lowest BCUT2D eigenvalue weighted by Gasteiger charge is -2.35. The largest absolute Gasteiger partial charge is 0.483 e. The van der Waals surface area contributed by atoms with Crippen molar-refractivity contribution in [2.24, 2.45) is 0 Å². The molecule has 0 radical (unpaired) electrons. The first-order valence-electron chi connectivity index (χ1n) is 11.0. The van der Waals surface area contributed by atoms with Crippen LogP contribution in [0.5, 0.6) is 5.75 Å². The van der Waals surface area contributed by atoms with E-state index in [0.717, 1.165) is 72.7 Å². The zero-order chi connectivity index (χ0) is 21.4. The zero-order valence-electron chi connectivity index (χ0n) is 17.7. The smallest absolute Gasteiger partial charge is 0.339 e. The topological polar surface area (TPSA) is 72.6 Å². The second kappa shape index (κ2) is 8.17. The van der Waals surface area contributed by atoms with E-state index in [1.165, 1.54) is 0 Å². The van der Waals surface area contributed by atoms with Gasteiger partial charge in [-0.1, -0.05) is 6.07 Å². The molecule has 31 heavy (non-hydrogen) atoms. The molecular weight excluding hydrogens is 392 g/mol. The Morgan fingerprint density at radius 1 is 1.19 bits per heavy atom. The highest BCUT2D eigenvalue weighted by Crippen LogP contribution is 2.34. The molecule has 1 unspecified atom stereocenters. The van der Waals surface area contributed by atoms with E-state index in [2.05, 4.69) is 4.98 Å². The van der Waals surface area contributed by atoms with E-state index in [-0.39, 0.29) is 24.2 Å². The fourth-order valence-corrected chi connectivity index (χ4v) is 4.99. The van der Waals surface area contributed by atoms with E-state index < -0.39 is 0 Å². The Bertz CT molecular complexity index is 1190. The normalized spacial score (nSPS) is 18.2. The average Bonchev–Trinajstić information content (AvgIpc) is 3.31. The van der Waals surface area contributed by atoms with Crippen molar-refractivity contribution in [3.63, 3.8) is 0 Å². The van der Waals surface area contributed by atoms with Crippen molar-refractivity contribution >= 4 is 16.9 Å². The number of carbonyl (C=O) groups excluding carboxylic acids is 1. The van der Waals surface area contributed by atoms with Crippen molar-refractivity contribution in [2.75, 3.05) is 13.2 Å². The van der Waals surface area contributed by atoms with Crippen molar-refractivity contribution in [3.8, 4) is 5.75 Å². The first kappa shape index (κ1) is 19.8. The predicted molar refractivity (Wildman–Crippen MR) is 117 cm³/mol. The Kier molecular flexibility index (Phi) is 5.22. The van der Waals surface area contributed by atoms with Crippen LogP contribution in [0, 0.1) is 6.92 Å². The third-order valence-electron chi connectivity index (χ3n) is 6.58. The summed E-state index contributed by atoms with van der Waals surface area (Å²) in [5, 5.41) is 0.982. The number of hydrogen-bond donors (Lipinski definition) is 0. The van der Waals surface area contributed by atoms with Gasteiger partial charge >= 0.3 is 5.63 Å². The molecule has 1 aliphatic carbocycles. The summed E-state index contributed by atoms with van der Waals surface area (Å²) in [5.74, 6) is 0.542. The third-order valence-corrected chi connectivity index (χ3v) is 6.58. The fourth-order valence-electron chi connectivity index (χ4n) is 4.99. The maximum Gasteiger partial charge on any atom is 0.339 e. The molecule has 0 N–H and O–H groups in total. The number of pyridine rings is 1. The number of fused-ring (bicyclic) bond motifs is 3. The lowest BCUT2D eigenvalue weighted by molar-refractivity contribution is -0.137. The number of piperidine rings is 1. The summed E-state index contributed by atoms with van der Waals surface area (Å²) < 4.78 is 11.6. The molecule has 1 fully saturated rings. The maximum absolute atomic E-state index is 13.0. The van der Waals surface area contributed by atoms with Gasteiger partial charge in [0.2, 0.25) is 0 Å². The molecule has 1 amide bonds. The molecule has 1 atom stereocenters. The Labute approximate surface area is 180 Å². The van der Waals surface area contributed by atoms with Gasteiger partial charge in [-0.2, -0.15) is 0 Å². The van der Waals surface area contributed by atoms with Gasteiger partial charge in [-0.05, 0) is 74.8 Å². The van der Waals surface area contributed by atoms with E-state index in [4.69, 9.17) is 9.15 Å². The van der Waals surface area contributed by atoms with Gasteiger partial charge in [-0.15, -0.1) is 0 Å². The molecule has 2 aliphatic rings. The van der Waals surface area contributed by atoms with E-state index in [9.17, 15) is 9.59 Å². The van der Waals surface area contributed by atoms with Gasteiger partial charge in [-0.25, -0.2) is 4.79 Å². The molecule has 0 saturated carbocycles. The Balaban J connectivity index is 1.37. The highest BCUT2D eigenvalue weighted by atomic mass is 16.5. The number of aryl methyl sites for hydroxylation is 2. The minimum atomic E-state index is -0.246. The first-order valence-corrected chi connectivity index (χ1v) is 11.0. The second-order valence-electron chi connectivity index (χ2n) is 8.44. The van der Waals surface area contributed by atoms with Gasteiger partial charge in [0.05, 0.1) is 6.04 Å². The lowest BCUT2D eigenvalue weighted by Crippen LogP contribution is -2.41. The van der Waals surface area contributed by atoms with Crippen molar-refractivity contribution in [1.82, 2.24) is 9.88 Å². The minimum Gasteiger partial charge on any atom is -0.483 e. The van der Waals surface area contributed by atoms with Crippen LogP contribution >= 0.6 is 0 Å². The van der Waals surface area contributed by atoms with Crippen molar-refractivity contribution in [2.45, 2.75) is 51.5 Å². The number of hydrogen-bond acceptors (Lipinski definition) is 5. The molecule has 0 spiro atoms. The van der Waals surface area contributed by atoms with Gasteiger partial charge in [0.15, 0.2) is 6.61 Å². The van der Waals surface area contributed by atoms with Gasteiger partial charge < -0.3 is 14.1 Å². The molecule has 3 aromatic rings. The highest BCUT2D eigenvalue weighted by Gasteiger charge is 2.28. The van der Waals surface area contributed by atoms with E-state index in [0.29, 0.717) is 11.3 Å². The zero-order valence-corrected chi connectivity index (χ0v) is 17.7. The summed E-state index contributed by atoms with van der Waals surface area (Å²) in [6.07, 6.45) is 9.28. The summed E-state index contributed by atoms with van der Waals surface area (Å²) in [5.41, 5.74) is 4.06. The van der Waals surface area contributed by atoms with Crippen molar-refractivity contribution in [3.05, 3.63) is 69.3 Å². The van der Waals surface area contributed by atoms with E-state index in [1.54, 1.807) is 6.20 Å². The molecule has 0 bridgehead atoms. The van der Waals surface area contributed by atoms with Gasteiger partial charge in [0.25, 0.3) is 5.91 Å². The van der Waals surface area contributed by atoms with Crippen LogP contribution in [0.25, 0.3) is 11.0 Å². The summed E-state index contributed by atoms with van der Waals surface area (Å²) in [6, 6.07) is 7.81. The molecule has 6 nitrogen and oxygen atoms in total. The highest BCUT2D eigenvalue weighted by molar-refractivity contribution is 5.86. The number of benzene rings is 1. The van der Waals surface area contributed by atoms with Crippen LogP contribution in [0.2, 0.25) is 0 Å². The summed E-state index contributed by atoms with van der Waals surface area (Å²) in [4.78, 5) is 31.5. The molecule has 160 valence electrons. The van der Waals surface area contributed by atoms with E-state index in [1.807, 2.05) is 42.3 Å². The molecule has 3 heterocycles. The van der Waals surface area contributed by atoms with Crippen molar-refractivity contribution < 1.29 is 13.9 Å². The number of ether oxygens (including phenoxy) is 1. The average molecular weight is 418 g/mol. The molecule has 5 rings (SSSR count). The van der Waals surface area contributed by atoms with Crippen LogP contribution in [-0.4, -0.2) is 28.9 Å². The number of amides is 1. The predicted octanol–water partition coefficient (Wildman–Crippen LogP) is 4.12. The maximum atomic E-state index is 13.0. The Morgan fingerprint density at radius 2 is 2.06 bits per heavy atom. The Hall–Kier alpha value is -3.15. The van der Waals surface area contributed by atoms with Crippen LogP contribution in [-0.2, 0) is 17.6 Å². The molecule has 2 aromatic heterocycles. The molecule has 1 saturated heterocycles. The van der Waals surface area contributed by atoms with Gasteiger partial charge in [-0.3, -0.25) is 9.78 Å². The number of carbonyl (C=O) groups is 1. The molecule has 1 aliphatic heterocycles. The molecule has 1 aromatic carbocycles. The minimum absolute atomic E-state index is 0.0385. The van der Waals surface area contributed by atoms with Crippen LogP contribution in [0.3, 0.4) is 0 Å². The number of likely N-dealkylation sites (tertiary alicyclic amines) is 1.